The molecule has 72 valence electrons. The summed E-state index contributed by atoms with van der Waals surface area (Å²) in [4.78, 5) is 14.8. The van der Waals surface area contributed by atoms with Gasteiger partial charge in [0.05, 0.1) is 8.07 Å². The molecule has 0 spiro atoms. The van der Waals surface area contributed by atoms with Crippen LogP contribution in [-0.4, -0.2) is 38.0 Å². The smallest absolute Gasteiger partial charge is 0.313 e. The van der Waals surface area contributed by atoms with Gasteiger partial charge in [0.1, 0.15) is 6.54 Å². The van der Waals surface area contributed by atoms with Crippen molar-refractivity contribution in [1.82, 2.24) is 9.80 Å². The molecule has 0 aromatic heterocycles. The molecule has 0 bridgehead atoms. The van der Waals surface area contributed by atoms with E-state index in [9.17, 15) is 4.79 Å². The van der Waals surface area contributed by atoms with Gasteiger partial charge in [0.15, 0.2) is 0 Å². The standard InChI is InChI=1S/C9H16N2OSi/c1-10-7-6-8(13(3,4)5)11(2)9(10)12/h6H,1-5H3. The van der Waals surface area contributed by atoms with E-state index in [2.05, 4.69) is 26.2 Å². The number of rotatable bonds is 1. The molecular formula is C9H16N2OSi. The molecule has 0 unspecified atom stereocenters. The molecule has 2 amide bonds. The zero-order chi connectivity index (χ0) is 10.2. The Morgan fingerprint density at radius 1 is 1.31 bits per heavy atom. The van der Waals surface area contributed by atoms with E-state index < -0.39 is 8.07 Å². The molecule has 0 fully saturated rings. The van der Waals surface area contributed by atoms with Gasteiger partial charge in [-0.25, -0.2) is 4.79 Å². The molecule has 4 heteroatoms. The normalized spacial score (nSPS) is 19.2. The zero-order valence-corrected chi connectivity index (χ0v) is 9.88. The van der Waals surface area contributed by atoms with Crippen LogP contribution in [-0.2, 0) is 0 Å². The Bertz CT molecular complexity index is 255. The summed E-state index contributed by atoms with van der Waals surface area (Å²) in [5.41, 5.74) is 0. The first-order valence-electron chi connectivity index (χ1n) is 4.32. The molecule has 1 aliphatic heterocycles. The Labute approximate surface area is 81.0 Å². The molecular weight excluding hydrogens is 180 g/mol. The molecule has 0 aromatic rings. The van der Waals surface area contributed by atoms with Gasteiger partial charge in [-0.05, 0) is 6.08 Å². The van der Waals surface area contributed by atoms with Crippen LogP contribution in [0.1, 0.15) is 0 Å². The van der Waals surface area contributed by atoms with Gasteiger partial charge < -0.3 is 9.80 Å². The summed E-state index contributed by atoms with van der Waals surface area (Å²) in [5.74, 6) is 0. The van der Waals surface area contributed by atoms with Gasteiger partial charge in [-0.15, -0.1) is 0 Å². The van der Waals surface area contributed by atoms with Crippen molar-refractivity contribution < 1.29 is 4.79 Å². The second-order valence-corrected chi connectivity index (χ2v) is 9.32. The summed E-state index contributed by atoms with van der Waals surface area (Å²) in [6.07, 6.45) is 1.92. The maximum Gasteiger partial charge on any atom is 0.324 e. The Kier molecular flexibility index (Phi) is 2.52. The molecule has 2 radical (unpaired) electrons. The highest BCUT2D eigenvalue weighted by atomic mass is 28.3. The van der Waals surface area contributed by atoms with Gasteiger partial charge in [-0.3, -0.25) is 0 Å². The fraction of sp³-hybridized carbons (Fsp3) is 0.556. The molecule has 13 heavy (non-hydrogen) atoms. The van der Waals surface area contributed by atoms with E-state index >= 15 is 0 Å². The Balaban J connectivity index is 2.95. The van der Waals surface area contributed by atoms with E-state index in [1.807, 2.05) is 13.1 Å². The maximum absolute atomic E-state index is 11.6. The summed E-state index contributed by atoms with van der Waals surface area (Å²) in [6, 6.07) is -0.0000694. The van der Waals surface area contributed by atoms with Crippen LogP contribution in [0, 0.1) is 6.54 Å². The van der Waals surface area contributed by atoms with Crippen LogP contribution in [0.3, 0.4) is 0 Å². The van der Waals surface area contributed by atoms with Crippen molar-refractivity contribution in [2.75, 3.05) is 14.1 Å². The lowest BCUT2D eigenvalue weighted by Crippen LogP contribution is -2.46. The highest BCUT2D eigenvalue weighted by Crippen LogP contribution is 2.23. The number of hydrogen-bond acceptors (Lipinski definition) is 1. The second kappa shape index (κ2) is 3.18. The number of carbonyl (C=O) groups is 1. The molecule has 1 aliphatic rings. The predicted molar refractivity (Wildman–Crippen MR) is 55.6 cm³/mol. The molecule has 1 rings (SSSR count). The van der Waals surface area contributed by atoms with Crippen molar-refractivity contribution in [1.29, 1.82) is 0 Å². The number of likely N-dealkylation sites (N-methyl/N-ethyl adjacent to an activating group) is 1. The van der Waals surface area contributed by atoms with E-state index in [1.165, 1.54) is 4.90 Å². The minimum Gasteiger partial charge on any atom is -0.313 e. The van der Waals surface area contributed by atoms with E-state index in [1.54, 1.807) is 11.9 Å². The highest BCUT2D eigenvalue weighted by Gasteiger charge is 2.31. The van der Waals surface area contributed by atoms with Crippen LogP contribution in [0.4, 0.5) is 4.79 Å². The van der Waals surface area contributed by atoms with Crippen LogP contribution in [0.25, 0.3) is 0 Å². The molecule has 3 nitrogen and oxygen atoms in total. The largest absolute Gasteiger partial charge is 0.324 e. The van der Waals surface area contributed by atoms with Gasteiger partial charge in [0, 0.05) is 19.4 Å². The molecule has 0 N–H and O–H groups in total. The number of carbonyl (C=O) groups excluding carboxylic acids is 1. The molecule has 0 aliphatic carbocycles. The number of urea groups is 1. The van der Waals surface area contributed by atoms with E-state index in [0.717, 1.165) is 5.32 Å². The average molecular weight is 196 g/mol. The second-order valence-electron chi connectivity index (χ2n) is 4.31. The first kappa shape index (κ1) is 10.3. The van der Waals surface area contributed by atoms with Crippen molar-refractivity contribution in [3.8, 4) is 0 Å². The summed E-state index contributed by atoms with van der Waals surface area (Å²) >= 11 is 0. The topological polar surface area (TPSA) is 23.6 Å². The molecule has 0 saturated heterocycles. The summed E-state index contributed by atoms with van der Waals surface area (Å²) < 4.78 is 0. The number of hydrogen-bond donors (Lipinski definition) is 0. The lowest BCUT2D eigenvalue weighted by atomic mass is 10.4. The predicted octanol–water partition coefficient (Wildman–Crippen LogP) is 1.78. The van der Waals surface area contributed by atoms with Crippen molar-refractivity contribution >= 4 is 14.1 Å². The maximum atomic E-state index is 11.6. The molecule has 0 saturated carbocycles. The minimum absolute atomic E-state index is 0.0000694. The summed E-state index contributed by atoms with van der Waals surface area (Å²) in [7, 11) is 2.13. The SMILES string of the molecule is CN1[C]C=C([Si](C)(C)C)N(C)C1=O. The number of amides is 2. The highest BCUT2D eigenvalue weighted by molar-refractivity contribution is 6.83. The van der Waals surface area contributed by atoms with Crippen LogP contribution >= 0.6 is 0 Å². The van der Waals surface area contributed by atoms with E-state index in [0.29, 0.717) is 0 Å². The third-order valence-electron chi connectivity index (χ3n) is 2.10. The monoisotopic (exact) mass is 196 g/mol. The van der Waals surface area contributed by atoms with Crippen molar-refractivity contribution in [2.24, 2.45) is 0 Å². The first-order valence-corrected chi connectivity index (χ1v) is 7.82. The van der Waals surface area contributed by atoms with Crippen LogP contribution < -0.4 is 0 Å². The lowest BCUT2D eigenvalue weighted by molar-refractivity contribution is 0.192. The van der Waals surface area contributed by atoms with Crippen LogP contribution in [0.15, 0.2) is 11.4 Å². The Morgan fingerprint density at radius 3 is 2.31 bits per heavy atom. The Hall–Kier alpha value is -0.773. The quantitative estimate of drug-likeness (QED) is 0.586. The summed E-state index contributed by atoms with van der Waals surface area (Å²) in [6.45, 7) is 9.59. The lowest BCUT2D eigenvalue weighted by Gasteiger charge is -2.35. The van der Waals surface area contributed by atoms with Gasteiger partial charge >= 0.3 is 6.03 Å². The fourth-order valence-electron chi connectivity index (χ4n) is 1.36. The molecule has 0 aromatic carbocycles. The van der Waals surface area contributed by atoms with Gasteiger partial charge in [-0.2, -0.15) is 0 Å². The van der Waals surface area contributed by atoms with E-state index in [-0.39, 0.29) is 6.03 Å². The summed E-state index contributed by atoms with van der Waals surface area (Å²) in [5, 5.41) is 1.13. The van der Waals surface area contributed by atoms with Gasteiger partial charge in [0.2, 0.25) is 0 Å². The molecule has 1 heterocycles. The van der Waals surface area contributed by atoms with E-state index in [4.69, 9.17) is 0 Å². The van der Waals surface area contributed by atoms with Gasteiger partial charge in [0.25, 0.3) is 0 Å². The number of nitrogens with zero attached hydrogens (tertiary/aromatic N) is 2. The third-order valence-corrected chi connectivity index (χ3v) is 4.12. The Morgan fingerprint density at radius 2 is 1.85 bits per heavy atom. The first-order chi connectivity index (χ1) is 5.84. The minimum atomic E-state index is -1.41. The van der Waals surface area contributed by atoms with Crippen molar-refractivity contribution in [3.05, 3.63) is 17.9 Å². The van der Waals surface area contributed by atoms with Crippen molar-refractivity contribution in [2.45, 2.75) is 19.6 Å². The van der Waals surface area contributed by atoms with Crippen LogP contribution in [0.2, 0.25) is 19.6 Å². The fourth-order valence-corrected chi connectivity index (χ4v) is 2.96. The third kappa shape index (κ3) is 1.93. The zero-order valence-electron chi connectivity index (χ0n) is 8.88. The molecule has 0 atom stereocenters. The van der Waals surface area contributed by atoms with Crippen LogP contribution in [0.5, 0.6) is 0 Å². The average Bonchev–Trinajstić information content (AvgIpc) is 1.98. The van der Waals surface area contributed by atoms with Crippen molar-refractivity contribution in [3.63, 3.8) is 0 Å². The van der Waals surface area contributed by atoms with Gasteiger partial charge in [-0.1, -0.05) is 19.6 Å².